The second kappa shape index (κ2) is 10.2. The molecule has 0 bridgehead atoms. The van der Waals surface area contributed by atoms with Gasteiger partial charge in [-0.15, -0.1) is 0 Å². The minimum absolute atomic E-state index is 0.0323. The lowest BCUT2D eigenvalue weighted by atomic mass is 9.99. The molecule has 5 nitrogen and oxygen atoms in total. The molecule has 2 aromatic heterocycles. The molecule has 0 unspecified atom stereocenters. The predicted octanol–water partition coefficient (Wildman–Crippen LogP) is 6.42. The van der Waals surface area contributed by atoms with Crippen molar-refractivity contribution in [3.63, 3.8) is 0 Å². The highest BCUT2D eigenvalue weighted by Crippen LogP contribution is 2.26. The number of carbonyl (C=O) groups excluding carboxylic acids is 1. The van der Waals surface area contributed by atoms with Crippen LogP contribution in [-0.2, 0) is 22.4 Å². The van der Waals surface area contributed by atoms with Crippen LogP contribution in [0.4, 0.5) is 0 Å². The number of hydrogen-bond acceptors (Lipinski definition) is 5. The Kier molecular flexibility index (Phi) is 7.39. The van der Waals surface area contributed by atoms with Crippen LogP contribution >= 0.6 is 0 Å². The van der Waals surface area contributed by atoms with Gasteiger partial charge in [0.15, 0.2) is 11.5 Å². The van der Waals surface area contributed by atoms with E-state index in [1.165, 1.54) is 11.1 Å². The van der Waals surface area contributed by atoms with Crippen LogP contribution in [-0.4, -0.2) is 11.1 Å². The van der Waals surface area contributed by atoms with Crippen LogP contribution in [0.2, 0.25) is 0 Å². The Labute approximate surface area is 177 Å². The van der Waals surface area contributed by atoms with E-state index in [-0.39, 0.29) is 17.3 Å². The summed E-state index contributed by atoms with van der Waals surface area (Å²) in [6.07, 6.45) is 15.2. The highest BCUT2D eigenvalue weighted by molar-refractivity contribution is 5.93. The lowest BCUT2D eigenvalue weighted by molar-refractivity contribution is -0.133. The molecule has 0 saturated heterocycles. The summed E-state index contributed by atoms with van der Waals surface area (Å²) in [5.41, 5.74) is 3.98. The van der Waals surface area contributed by atoms with Crippen molar-refractivity contribution in [2.45, 2.75) is 59.3 Å². The summed E-state index contributed by atoms with van der Waals surface area (Å²) >= 11 is 0. The normalized spacial score (nSPS) is 17.1. The SMILES string of the molecule is CC(=CCCc1coc(Cc2ccoc2)c1)CCC[C@H](C)C=C1OC(=O)C(C)=C1O. The molecule has 3 rings (SSSR count). The fourth-order valence-corrected chi connectivity index (χ4v) is 3.50. The molecule has 3 heterocycles. The zero-order valence-electron chi connectivity index (χ0n) is 17.9. The quantitative estimate of drug-likeness (QED) is 0.361. The van der Waals surface area contributed by atoms with E-state index in [9.17, 15) is 9.90 Å². The van der Waals surface area contributed by atoms with E-state index in [1.807, 2.05) is 18.4 Å². The molecule has 0 saturated carbocycles. The third kappa shape index (κ3) is 6.02. The van der Waals surface area contributed by atoms with Crippen LogP contribution in [0.5, 0.6) is 0 Å². The Morgan fingerprint density at radius 1 is 1.27 bits per heavy atom. The Bertz CT molecular complexity index is 940. The lowest BCUT2D eigenvalue weighted by Crippen LogP contribution is -1.97. The number of furan rings is 2. The first-order chi connectivity index (χ1) is 14.4. The monoisotopic (exact) mass is 410 g/mol. The molecule has 5 heteroatoms. The van der Waals surface area contributed by atoms with Crippen molar-refractivity contribution < 1.29 is 23.5 Å². The number of carbonyl (C=O) groups is 1. The van der Waals surface area contributed by atoms with Crippen molar-refractivity contribution >= 4 is 5.97 Å². The maximum atomic E-state index is 11.5. The van der Waals surface area contributed by atoms with Crippen molar-refractivity contribution in [3.8, 4) is 0 Å². The van der Waals surface area contributed by atoms with E-state index in [0.717, 1.165) is 49.8 Å². The van der Waals surface area contributed by atoms with Gasteiger partial charge in [-0.1, -0.05) is 18.6 Å². The summed E-state index contributed by atoms with van der Waals surface area (Å²) in [4.78, 5) is 11.5. The van der Waals surface area contributed by atoms with Gasteiger partial charge in [0.1, 0.15) is 5.76 Å². The first-order valence-electron chi connectivity index (χ1n) is 10.5. The summed E-state index contributed by atoms with van der Waals surface area (Å²) in [5, 5.41) is 9.89. The average molecular weight is 411 g/mol. The van der Waals surface area contributed by atoms with E-state index in [1.54, 1.807) is 19.5 Å². The minimum Gasteiger partial charge on any atom is -0.504 e. The van der Waals surface area contributed by atoms with Gasteiger partial charge in [-0.2, -0.15) is 0 Å². The highest BCUT2D eigenvalue weighted by Gasteiger charge is 2.26. The topological polar surface area (TPSA) is 72.8 Å². The summed E-state index contributed by atoms with van der Waals surface area (Å²) in [5.74, 6) is 0.989. The molecule has 0 amide bonds. The third-order valence-corrected chi connectivity index (χ3v) is 5.36. The lowest BCUT2D eigenvalue weighted by Gasteiger charge is -2.08. The molecule has 0 fully saturated rings. The summed E-state index contributed by atoms with van der Waals surface area (Å²) < 4.78 is 15.8. The first-order valence-corrected chi connectivity index (χ1v) is 10.5. The van der Waals surface area contributed by atoms with E-state index < -0.39 is 5.97 Å². The van der Waals surface area contributed by atoms with Gasteiger partial charge in [0.05, 0.1) is 24.4 Å². The number of esters is 1. The molecule has 1 atom stereocenters. The molecular formula is C25H30O5. The fraction of sp³-hybridized carbons (Fsp3) is 0.400. The highest BCUT2D eigenvalue weighted by atomic mass is 16.6. The standard InChI is InChI=1S/C25H30O5/c1-17(6-4-8-18(2)12-23-24(26)19(3)25(27)30-23)7-5-9-20-13-22(29-16-20)14-21-10-11-28-15-21/h7,10-13,15-16,18,26H,4-6,8-9,14H2,1-3H3/t18-/m0/s1. The van der Waals surface area contributed by atoms with Crippen molar-refractivity contribution in [3.05, 3.63) is 82.6 Å². The Morgan fingerprint density at radius 2 is 2.10 bits per heavy atom. The van der Waals surface area contributed by atoms with Gasteiger partial charge in [0, 0.05) is 6.42 Å². The summed E-state index contributed by atoms with van der Waals surface area (Å²) in [6, 6.07) is 4.07. The Balaban J connectivity index is 1.37. The van der Waals surface area contributed by atoms with Crippen molar-refractivity contribution in [1.82, 2.24) is 0 Å². The van der Waals surface area contributed by atoms with Gasteiger partial charge in [-0.25, -0.2) is 4.79 Å². The van der Waals surface area contributed by atoms with E-state index in [4.69, 9.17) is 13.6 Å². The largest absolute Gasteiger partial charge is 0.504 e. The number of aryl methyl sites for hydroxylation is 1. The predicted molar refractivity (Wildman–Crippen MR) is 115 cm³/mol. The first kappa shape index (κ1) is 21.8. The van der Waals surface area contributed by atoms with Gasteiger partial charge in [-0.05, 0) is 81.2 Å². The molecule has 0 radical (unpaired) electrons. The van der Waals surface area contributed by atoms with Crippen molar-refractivity contribution in [2.75, 3.05) is 0 Å². The van der Waals surface area contributed by atoms with Crippen molar-refractivity contribution in [2.24, 2.45) is 5.92 Å². The Hall–Kier alpha value is -2.95. The molecular weight excluding hydrogens is 380 g/mol. The fourth-order valence-electron chi connectivity index (χ4n) is 3.50. The van der Waals surface area contributed by atoms with Gasteiger partial charge >= 0.3 is 5.97 Å². The second-order valence-electron chi connectivity index (χ2n) is 8.08. The number of aliphatic hydroxyl groups is 1. The van der Waals surface area contributed by atoms with Crippen LogP contribution in [0.1, 0.15) is 63.3 Å². The van der Waals surface area contributed by atoms with E-state index >= 15 is 0 Å². The zero-order valence-corrected chi connectivity index (χ0v) is 17.9. The number of rotatable bonds is 10. The summed E-state index contributed by atoms with van der Waals surface area (Å²) in [6.45, 7) is 5.81. The molecule has 1 N–H and O–H groups in total. The van der Waals surface area contributed by atoms with Gasteiger partial charge in [0.25, 0.3) is 0 Å². The van der Waals surface area contributed by atoms with E-state index in [0.29, 0.717) is 5.76 Å². The van der Waals surface area contributed by atoms with Crippen LogP contribution in [0.15, 0.2) is 74.6 Å². The van der Waals surface area contributed by atoms with Gasteiger partial charge < -0.3 is 18.7 Å². The molecule has 30 heavy (non-hydrogen) atoms. The number of hydrogen-bond donors (Lipinski definition) is 1. The number of allylic oxidation sites excluding steroid dienone is 3. The smallest absolute Gasteiger partial charge is 0.343 e. The zero-order chi connectivity index (χ0) is 21.5. The molecule has 0 aromatic carbocycles. The van der Waals surface area contributed by atoms with Gasteiger partial charge in [-0.3, -0.25) is 0 Å². The molecule has 1 aliphatic rings. The average Bonchev–Trinajstić information content (AvgIpc) is 3.43. The van der Waals surface area contributed by atoms with Crippen LogP contribution < -0.4 is 0 Å². The summed E-state index contributed by atoms with van der Waals surface area (Å²) in [7, 11) is 0. The van der Waals surface area contributed by atoms with E-state index in [2.05, 4.69) is 26.0 Å². The van der Waals surface area contributed by atoms with Crippen LogP contribution in [0, 0.1) is 5.92 Å². The maximum absolute atomic E-state index is 11.5. The minimum atomic E-state index is -0.462. The van der Waals surface area contributed by atoms with Crippen molar-refractivity contribution in [1.29, 1.82) is 0 Å². The number of ether oxygens (including phenoxy) is 1. The molecule has 160 valence electrons. The second-order valence-corrected chi connectivity index (χ2v) is 8.08. The van der Waals surface area contributed by atoms with Gasteiger partial charge in [0.2, 0.25) is 0 Å². The van der Waals surface area contributed by atoms with Crippen LogP contribution in [0.3, 0.4) is 0 Å². The maximum Gasteiger partial charge on any atom is 0.343 e. The number of aliphatic hydroxyl groups excluding tert-OH is 1. The Morgan fingerprint density at radius 3 is 2.80 bits per heavy atom. The molecule has 1 aliphatic heterocycles. The number of cyclic esters (lactones) is 1. The molecule has 0 spiro atoms. The third-order valence-electron chi connectivity index (χ3n) is 5.36. The van der Waals surface area contributed by atoms with Crippen LogP contribution in [0.25, 0.3) is 0 Å². The molecule has 0 aliphatic carbocycles. The molecule has 2 aromatic rings.